The Morgan fingerprint density at radius 2 is 1.62 bits per heavy atom. The quantitative estimate of drug-likeness (QED) is 0.159. The molecule has 5 N–H and O–H groups in total. The van der Waals surface area contributed by atoms with Gasteiger partial charge < -0.3 is 30.7 Å². The summed E-state index contributed by atoms with van der Waals surface area (Å²) in [4.78, 5) is 59.2. The first-order valence-corrected chi connectivity index (χ1v) is 18.8. The van der Waals surface area contributed by atoms with Gasteiger partial charge in [-0.2, -0.15) is 5.21 Å². The summed E-state index contributed by atoms with van der Waals surface area (Å²) in [6, 6.07) is 18.4. The lowest BCUT2D eigenvalue weighted by Crippen LogP contribution is -2.52. The number of carbonyl (C=O) groups is 4. The number of carboxylic acid groups (broad SMARTS) is 1. The molecule has 2 fully saturated rings. The number of primary amides is 1. The van der Waals surface area contributed by atoms with Crippen molar-refractivity contribution in [2.45, 2.75) is 64.5 Å². The van der Waals surface area contributed by atoms with Gasteiger partial charge in [-0.15, -0.1) is 10.2 Å². The summed E-state index contributed by atoms with van der Waals surface area (Å²) in [5.74, 6) is 0.550. The molecule has 3 amide bonds. The number of anilines is 2. The van der Waals surface area contributed by atoms with Crippen LogP contribution in [0.15, 0.2) is 66.9 Å². The van der Waals surface area contributed by atoms with E-state index in [1.165, 1.54) is 0 Å². The summed E-state index contributed by atoms with van der Waals surface area (Å²) in [7, 11) is 2.13. The SMILES string of the molecule is CN1CCN(c2cc(-c3ccc(C[C@@H](C(N)=O)N(C(=O)C4CCC(CNC(=O)OC(C)(C)C)CC4)c4ccc(-c5nn[nH]n5)cc4)cc3)ccn2)CC1.O=CO. The van der Waals surface area contributed by atoms with E-state index in [0.29, 0.717) is 36.5 Å². The Labute approximate surface area is 326 Å². The Hall–Kier alpha value is -5.90. The highest BCUT2D eigenvalue weighted by molar-refractivity contribution is 6.01. The molecule has 6 rings (SSSR count). The number of amides is 3. The molecule has 16 heteroatoms. The maximum absolute atomic E-state index is 14.5. The summed E-state index contributed by atoms with van der Waals surface area (Å²) in [6.45, 7) is 9.58. The van der Waals surface area contributed by atoms with Crippen molar-refractivity contribution in [2.75, 3.05) is 49.6 Å². The number of aromatic nitrogens is 5. The Morgan fingerprint density at radius 3 is 2.21 bits per heavy atom. The van der Waals surface area contributed by atoms with Crippen LogP contribution in [0.2, 0.25) is 0 Å². The molecule has 0 radical (unpaired) electrons. The monoisotopic (exact) mass is 768 g/mol. The van der Waals surface area contributed by atoms with E-state index in [9.17, 15) is 14.4 Å². The van der Waals surface area contributed by atoms with E-state index in [4.69, 9.17) is 20.4 Å². The van der Waals surface area contributed by atoms with Crippen LogP contribution in [-0.4, -0.2) is 111 Å². The average molecular weight is 769 g/mol. The second-order valence-electron chi connectivity index (χ2n) is 15.2. The Kier molecular flexibility index (Phi) is 14.1. The van der Waals surface area contributed by atoms with Crippen molar-refractivity contribution in [1.82, 2.24) is 35.8 Å². The van der Waals surface area contributed by atoms with Crippen LogP contribution in [0.3, 0.4) is 0 Å². The highest BCUT2D eigenvalue weighted by atomic mass is 16.6. The average Bonchev–Trinajstić information content (AvgIpc) is 3.73. The Morgan fingerprint density at radius 1 is 0.982 bits per heavy atom. The first-order chi connectivity index (χ1) is 26.8. The van der Waals surface area contributed by atoms with E-state index in [0.717, 1.165) is 61.5 Å². The smallest absolute Gasteiger partial charge is 0.407 e. The van der Waals surface area contributed by atoms with Crippen LogP contribution in [-0.2, 0) is 25.5 Å². The molecule has 3 heterocycles. The van der Waals surface area contributed by atoms with Crippen molar-refractivity contribution in [3.05, 3.63) is 72.4 Å². The van der Waals surface area contributed by atoms with Crippen molar-refractivity contribution in [3.63, 3.8) is 0 Å². The van der Waals surface area contributed by atoms with E-state index in [2.05, 4.69) is 53.8 Å². The summed E-state index contributed by atoms with van der Waals surface area (Å²) in [5, 5.41) is 24.0. The van der Waals surface area contributed by atoms with Crippen molar-refractivity contribution in [3.8, 4) is 22.5 Å². The molecule has 16 nitrogen and oxygen atoms in total. The lowest BCUT2D eigenvalue weighted by molar-refractivity contribution is -0.127. The number of alkyl carbamates (subject to hydrolysis) is 1. The topological polar surface area (TPSA) is 213 Å². The van der Waals surface area contributed by atoms with E-state index in [1.807, 2.05) is 57.3 Å². The van der Waals surface area contributed by atoms with Gasteiger partial charge in [-0.05, 0) is 118 Å². The van der Waals surface area contributed by atoms with Crippen LogP contribution in [0.25, 0.3) is 22.5 Å². The summed E-state index contributed by atoms with van der Waals surface area (Å²) < 4.78 is 5.38. The van der Waals surface area contributed by atoms with E-state index >= 15 is 0 Å². The van der Waals surface area contributed by atoms with Gasteiger partial charge >= 0.3 is 6.09 Å². The summed E-state index contributed by atoms with van der Waals surface area (Å²) >= 11 is 0. The van der Waals surface area contributed by atoms with Gasteiger partial charge in [-0.1, -0.05) is 24.3 Å². The molecule has 1 saturated heterocycles. The predicted octanol–water partition coefficient (Wildman–Crippen LogP) is 4.14. The third-order valence-electron chi connectivity index (χ3n) is 10.0. The van der Waals surface area contributed by atoms with Gasteiger partial charge in [-0.25, -0.2) is 9.78 Å². The molecule has 1 atom stereocenters. The van der Waals surface area contributed by atoms with Crippen LogP contribution in [0.4, 0.5) is 16.3 Å². The minimum atomic E-state index is -0.930. The number of nitrogens with zero attached hydrogens (tertiary/aromatic N) is 7. The fourth-order valence-corrected chi connectivity index (χ4v) is 7.05. The van der Waals surface area contributed by atoms with Gasteiger partial charge in [-0.3, -0.25) is 19.3 Å². The number of hydrogen-bond acceptors (Lipinski definition) is 11. The maximum Gasteiger partial charge on any atom is 0.407 e. The molecule has 0 unspecified atom stereocenters. The van der Waals surface area contributed by atoms with Crippen molar-refractivity contribution in [2.24, 2.45) is 17.6 Å². The molecule has 2 aromatic carbocycles. The maximum atomic E-state index is 14.5. The summed E-state index contributed by atoms with van der Waals surface area (Å²) in [6.07, 6.45) is 4.40. The predicted molar refractivity (Wildman–Crippen MR) is 212 cm³/mol. The Bertz CT molecular complexity index is 1880. The second-order valence-corrected chi connectivity index (χ2v) is 15.2. The van der Waals surface area contributed by atoms with Crippen LogP contribution in [0.1, 0.15) is 52.0 Å². The van der Waals surface area contributed by atoms with Gasteiger partial charge in [0, 0.05) is 62.5 Å². The minimum absolute atomic E-state index is 0.149. The molecular formula is C40H52N10O6. The number of nitrogens with one attached hydrogen (secondary N) is 2. The number of carbonyl (C=O) groups excluding carboxylic acids is 3. The first-order valence-electron chi connectivity index (χ1n) is 18.8. The molecule has 2 aliphatic rings. The van der Waals surface area contributed by atoms with E-state index in [1.54, 1.807) is 29.2 Å². The molecule has 1 aliphatic carbocycles. The number of nitrogens with two attached hydrogens (primary N) is 1. The van der Waals surface area contributed by atoms with Crippen molar-refractivity contribution >= 4 is 35.9 Å². The number of pyridine rings is 1. The minimum Gasteiger partial charge on any atom is -0.483 e. The normalized spacial score (nSPS) is 17.8. The van der Waals surface area contributed by atoms with Crippen LogP contribution < -0.4 is 20.9 Å². The number of H-pyrrole nitrogens is 1. The molecule has 2 aromatic heterocycles. The van der Waals surface area contributed by atoms with Gasteiger partial charge in [0.05, 0.1) is 0 Å². The van der Waals surface area contributed by atoms with Crippen LogP contribution >= 0.6 is 0 Å². The fourth-order valence-electron chi connectivity index (χ4n) is 7.05. The molecule has 1 saturated carbocycles. The molecule has 0 bridgehead atoms. The Balaban J connectivity index is 0.00000194. The second kappa shape index (κ2) is 19.1. The van der Waals surface area contributed by atoms with Crippen LogP contribution in [0, 0.1) is 11.8 Å². The van der Waals surface area contributed by atoms with Gasteiger partial charge in [0.25, 0.3) is 6.47 Å². The highest BCUT2D eigenvalue weighted by Gasteiger charge is 2.36. The summed E-state index contributed by atoms with van der Waals surface area (Å²) in [5.41, 5.74) is 9.78. The number of aromatic amines is 1. The number of rotatable bonds is 11. The van der Waals surface area contributed by atoms with E-state index in [-0.39, 0.29) is 30.6 Å². The fraction of sp³-hybridized carbons (Fsp3) is 0.450. The van der Waals surface area contributed by atoms with Gasteiger partial charge in [0.1, 0.15) is 17.5 Å². The number of likely N-dealkylation sites (N-methyl/N-ethyl adjacent to an activating group) is 1. The van der Waals surface area contributed by atoms with Crippen molar-refractivity contribution in [1.29, 1.82) is 0 Å². The molecule has 298 valence electrons. The molecule has 1 aliphatic heterocycles. The lowest BCUT2D eigenvalue weighted by Gasteiger charge is -2.36. The third-order valence-corrected chi connectivity index (χ3v) is 10.0. The number of tetrazole rings is 1. The number of benzene rings is 2. The van der Waals surface area contributed by atoms with Gasteiger partial charge in [0.15, 0.2) is 0 Å². The zero-order chi connectivity index (χ0) is 40.2. The molecular weight excluding hydrogens is 717 g/mol. The standard InChI is InChI=1S/C39H50N10O4.CH2O2/c1-39(2,3)53-38(52)42-25-27-7-11-30(12-8-27)37(51)49(32-15-13-29(14-16-32)36-43-45-46-44-36)33(35(40)50)23-26-5-9-28(10-6-26)31-17-18-41-34(24-31)48-21-19-47(4)20-22-48;2-1-3/h5-6,9-10,13-18,24,27,30,33H,7-8,11-12,19-23,25H2,1-4H3,(H2,40,50)(H,42,52)(H,43,44,45,46);1H,(H,2,3)/t27?,30?,33-;/m0./s1. The zero-order valence-electron chi connectivity index (χ0n) is 32.4. The number of ether oxygens (including phenoxy) is 1. The first kappa shape index (κ1) is 41.3. The largest absolute Gasteiger partial charge is 0.483 e. The molecule has 56 heavy (non-hydrogen) atoms. The molecule has 4 aromatic rings. The lowest BCUT2D eigenvalue weighted by atomic mass is 9.81. The highest BCUT2D eigenvalue weighted by Crippen LogP contribution is 2.33. The van der Waals surface area contributed by atoms with Crippen molar-refractivity contribution < 1.29 is 29.0 Å². The number of hydrogen-bond donors (Lipinski definition) is 4. The van der Waals surface area contributed by atoms with Gasteiger partial charge in [0.2, 0.25) is 17.6 Å². The molecule has 0 spiro atoms. The number of piperazine rings is 1. The van der Waals surface area contributed by atoms with Crippen LogP contribution in [0.5, 0.6) is 0 Å². The zero-order valence-corrected chi connectivity index (χ0v) is 32.4. The third kappa shape index (κ3) is 11.3. The van der Waals surface area contributed by atoms with E-state index < -0.39 is 23.6 Å².